The van der Waals surface area contributed by atoms with Gasteiger partial charge in [-0.25, -0.2) is 4.98 Å². The third-order valence-electron chi connectivity index (χ3n) is 3.48. The molecule has 0 N–H and O–H groups in total. The molecule has 0 saturated heterocycles. The van der Waals surface area contributed by atoms with Gasteiger partial charge in [0.25, 0.3) is 0 Å². The van der Waals surface area contributed by atoms with Crippen molar-refractivity contribution in [3.8, 4) is 33.9 Å². The first-order chi connectivity index (χ1) is 11.9. The smallest absolute Gasteiger partial charge is 0.183 e. The quantitative estimate of drug-likeness (QED) is 0.578. The van der Waals surface area contributed by atoms with Gasteiger partial charge in [0, 0.05) is 53.9 Å². The lowest BCUT2D eigenvalue weighted by atomic mass is 10.1. The van der Waals surface area contributed by atoms with Crippen LogP contribution in [0.1, 0.15) is 0 Å². The molecule has 0 aliphatic heterocycles. The summed E-state index contributed by atoms with van der Waals surface area (Å²) in [7, 11) is 0. The topological polar surface area (TPSA) is 77.3 Å². The summed E-state index contributed by atoms with van der Waals surface area (Å²) in [6, 6.07) is 11.4. The summed E-state index contributed by atoms with van der Waals surface area (Å²) in [6.07, 6.45) is 10.4. The maximum absolute atomic E-state index is 4.71. The van der Waals surface area contributed by atoms with Crippen molar-refractivity contribution in [2.24, 2.45) is 0 Å². The summed E-state index contributed by atoms with van der Waals surface area (Å²) in [4.78, 5) is 17.2. The minimum absolute atomic E-state index is 0.523. The van der Waals surface area contributed by atoms with Crippen molar-refractivity contribution in [3.05, 3.63) is 73.6 Å². The Hall–Kier alpha value is -3.54. The van der Waals surface area contributed by atoms with Gasteiger partial charge in [0.05, 0.1) is 0 Å². The van der Waals surface area contributed by atoms with Gasteiger partial charge in [0.15, 0.2) is 5.82 Å². The highest BCUT2D eigenvalue weighted by atomic mass is 15.2. The largest absolute Gasteiger partial charge is 0.264 e. The molecule has 0 amide bonds. The molecule has 4 heterocycles. The lowest BCUT2D eigenvalue weighted by Gasteiger charge is -2.09. The lowest BCUT2D eigenvalue weighted by molar-refractivity contribution is 0.987. The van der Waals surface area contributed by atoms with E-state index in [0.29, 0.717) is 17.2 Å². The molecule has 0 unspecified atom stereocenters. The van der Waals surface area contributed by atoms with Crippen LogP contribution in [0.15, 0.2) is 73.6 Å². The van der Waals surface area contributed by atoms with Gasteiger partial charge in [0.1, 0.15) is 11.4 Å². The summed E-state index contributed by atoms with van der Waals surface area (Å²) in [5, 5.41) is 8.66. The summed E-state index contributed by atoms with van der Waals surface area (Å²) in [5.41, 5.74) is 3.92. The van der Waals surface area contributed by atoms with Crippen molar-refractivity contribution in [2.45, 2.75) is 0 Å². The second kappa shape index (κ2) is 6.29. The van der Waals surface area contributed by atoms with E-state index in [0.717, 1.165) is 16.7 Å². The van der Waals surface area contributed by atoms with E-state index in [1.165, 1.54) is 0 Å². The highest BCUT2D eigenvalue weighted by Gasteiger charge is 2.14. The monoisotopic (exact) mass is 312 g/mol. The Balaban J connectivity index is 1.92. The van der Waals surface area contributed by atoms with Crippen LogP contribution in [-0.4, -0.2) is 30.1 Å². The van der Waals surface area contributed by atoms with Crippen molar-refractivity contribution in [1.82, 2.24) is 30.1 Å². The first-order valence-electron chi connectivity index (χ1n) is 7.38. The minimum Gasteiger partial charge on any atom is -0.264 e. The Labute approximate surface area is 138 Å². The van der Waals surface area contributed by atoms with Crippen LogP contribution in [0.25, 0.3) is 33.9 Å². The summed E-state index contributed by atoms with van der Waals surface area (Å²) >= 11 is 0. The Morgan fingerprint density at radius 1 is 0.542 bits per heavy atom. The molecule has 6 heteroatoms. The predicted octanol–water partition coefficient (Wildman–Crippen LogP) is 3.06. The average molecular weight is 312 g/mol. The number of hydrogen-bond donors (Lipinski definition) is 0. The molecule has 24 heavy (non-hydrogen) atoms. The standard InChI is InChI=1S/C18H12N6/c1-4-13(10-19-7-1)16-17(14-5-2-8-20-11-14)23-24-18(22-16)15-6-3-9-21-12-15/h1-12H. The van der Waals surface area contributed by atoms with E-state index >= 15 is 0 Å². The number of aromatic nitrogens is 6. The average Bonchev–Trinajstić information content (AvgIpc) is 2.69. The van der Waals surface area contributed by atoms with Gasteiger partial charge in [-0.15, -0.1) is 10.2 Å². The molecule has 0 fully saturated rings. The van der Waals surface area contributed by atoms with Crippen LogP contribution in [0.2, 0.25) is 0 Å². The number of nitrogens with zero attached hydrogens (tertiary/aromatic N) is 6. The number of rotatable bonds is 3. The van der Waals surface area contributed by atoms with Gasteiger partial charge < -0.3 is 0 Å². The fourth-order valence-electron chi connectivity index (χ4n) is 2.34. The summed E-state index contributed by atoms with van der Waals surface area (Å²) in [6.45, 7) is 0. The van der Waals surface area contributed by atoms with Crippen molar-refractivity contribution in [3.63, 3.8) is 0 Å². The van der Waals surface area contributed by atoms with E-state index in [1.54, 1.807) is 37.2 Å². The zero-order chi connectivity index (χ0) is 16.2. The van der Waals surface area contributed by atoms with Crippen LogP contribution in [0.3, 0.4) is 0 Å². The van der Waals surface area contributed by atoms with Crippen LogP contribution in [-0.2, 0) is 0 Å². The Bertz CT molecular complexity index is 943. The highest BCUT2D eigenvalue weighted by Crippen LogP contribution is 2.28. The van der Waals surface area contributed by atoms with E-state index in [-0.39, 0.29) is 0 Å². The molecule has 0 radical (unpaired) electrons. The Morgan fingerprint density at radius 2 is 1.08 bits per heavy atom. The molecule has 6 nitrogen and oxygen atoms in total. The molecule has 0 aliphatic rings. The zero-order valence-corrected chi connectivity index (χ0v) is 12.6. The Morgan fingerprint density at radius 3 is 1.62 bits per heavy atom. The Kier molecular flexibility index (Phi) is 3.69. The van der Waals surface area contributed by atoms with Crippen LogP contribution < -0.4 is 0 Å². The molecule has 0 aromatic carbocycles. The van der Waals surface area contributed by atoms with Gasteiger partial charge in [-0.05, 0) is 36.4 Å². The number of hydrogen-bond acceptors (Lipinski definition) is 6. The van der Waals surface area contributed by atoms with Crippen molar-refractivity contribution in [2.75, 3.05) is 0 Å². The third kappa shape index (κ3) is 2.72. The maximum Gasteiger partial charge on any atom is 0.183 e. The summed E-state index contributed by atoms with van der Waals surface area (Å²) in [5.74, 6) is 0.523. The fourth-order valence-corrected chi connectivity index (χ4v) is 2.34. The predicted molar refractivity (Wildman–Crippen MR) is 89.5 cm³/mol. The highest BCUT2D eigenvalue weighted by molar-refractivity contribution is 5.77. The maximum atomic E-state index is 4.71. The molecule has 4 aromatic heterocycles. The molecule has 0 saturated carbocycles. The molecular formula is C18H12N6. The molecule has 0 bridgehead atoms. The van der Waals surface area contributed by atoms with E-state index in [2.05, 4.69) is 25.1 Å². The van der Waals surface area contributed by atoms with Gasteiger partial charge in [-0.3, -0.25) is 15.0 Å². The first kappa shape index (κ1) is 14.1. The van der Waals surface area contributed by atoms with Crippen LogP contribution in [0.5, 0.6) is 0 Å². The van der Waals surface area contributed by atoms with Gasteiger partial charge >= 0.3 is 0 Å². The molecule has 4 aromatic rings. The van der Waals surface area contributed by atoms with Crippen molar-refractivity contribution in [1.29, 1.82) is 0 Å². The van der Waals surface area contributed by atoms with E-state index < -0.39 is 0 Å². The zero-order valence-electron chi connectivity index (χ0n) is 12.6. The minimum atomic E-state index is 0.523. The molecule has 0 spiro atoms. The van der Waals surface area contributed by atoms with E-state index in [1.807, 2.05) is 36.4 Å². The molecular weight excluding hydrogens is 300 g/mol. The second-order valence-corrected chi connectivity index (χ2v) is 5.06. The third-order valence-corrected chi connectivity index (χ3v) is 3.48. The number of pyridine rings is 3. The molecule has 0 atom stereocenters. The molecule has 114 valence electrons. The summed E-state index contributed by atoms with van der Waals surface area (Å²) < 4.78 is 0. The first-order valence-corrected chi connectivity index (χ1v) is 7.38. The van der Waals surface area contributed by atoms with Crippen LogP contribution in [0, 0.1) is 0 Å². The lowest BCUT2D eigenvalue weighted by Crippen LogP contribution is -2.00. The normalized spacial score (nSPS) is 10.5. The fraction of sp³-hybridized carbons (Fsp3) is 0. The van der Waals surface area contributed by atoms with Gasteiger partial charge in [-0.2, -0.15) is 0 Å². The van der Waals surface area contributed by atoms with Gasteiger partial charge in [-0.1, -0.05) is 0 Å². The van der Waals surface area contributed by atoms with Crippen molar-refractivity contribution >= 4 is 0 Å². The van der Waals surface area contributed by atoms with Crippen LogP contribution in [0.4, 0.5) is 0 Å². The van der Waals surface area contributed by atoms with E-state index in [4.69, 9.17) is 4.98 Å². The second-order valence-electron chi connectivity index (χ2n) is 5.06. The van der Waals surface area contributed by atoms with Crippen LogP contribution >= 0.6 is 0 Å². The molecule has 4 rings (SSSR count). The molecule has 0 aliphatic carbocycles. The van der Waals surface area contributed by atoms with Crippen molar-refractivity contribution < 1.29 is 0 Å². The van der Waals surface area contributed by atoms with Gasteiger partial charge in [0.2, 0.25) is 0 Å². The SMILES string of the molecule is c1cncc(-c2nnc(-c3cccnc3)c(-c3cccnc3)n2)c1. The van der Waals surface area contributed by atoms with E-state index in [9.17, 15) is 0 Å².